The molecule has 118 valence electrons. The zero-order chi connectivity index (χ0) is 15.5. The molecule has 0 saturated heterocycles. The highest BCUT2D eigenvalue weighted by atomic mass is 16.1. The van der Waals surface area contributed by atoms with E-state index in [1.807, 2.05) is 31.3 Å². The standard InChI is InChI=1S/C17H29N3O/c1-4-13-20(5-2)14-12-19-17(21)16-9-7-6-8-15(16)10-11-18-3/h6-9,18H,4-5,10-14H2,1-3H3,(H,19,21). The predicted molar refractivity (Wildman–Crippen MR) is 88.8 cm³/mol. The number of nitrogens with one attached hydrogen (secondary N) is 2. The fraction of sp³-hybridized carbons (Fsp3) is 0.588. The highest BCUT2D eigenvalue weighted by Crippen LogP contribution is 2.09. The van der Waals surface area contributed by atoms with E-state index in [1.54, 1.807) is 0 Å². The first-order valence-corrected chi connectivity index (χ1v) is 7.96. The molecular formula is C17H29N3O. The van der Waals surface area contributed by atoms with Gasteiger partial charge in [0.15, 0.2) is 0 Å². The van der Waals surface area contributed by atoms with E-state index in [-0.39, 0.29) is 5.91 Å². The monoisotopic (exact) mass is 291 g/mol. The van der Waals surface area contributed by atoms with Crippen molar-refractivity contribution in [3.05, 3.63) is 35.4 Å². The molecule has 0 fully saturated rings. The first-order chi connectivity index (χ1) is 10.2. The topological polar surface area (TPSA) is 44.4 Å². The maximum atomic E-state index is 12.3. The summed E-state index contributed by atoms with van der Waals surface area (Å²) >= 11 is 0. The normalized spacial score (nSPS) is 10.9. The van der Waals surface area contributed by atoms with E-state index < -0.39 is 0 Å². The second-order valence-electron chi connectivity index (χ2n) is 5.20. The fourth-order valence-corrected chi connectivity index (χ4v) is 2.39. The van der Waals surface area contributed by atoms with E-state index in [4.69, 9.17) is 0 Å². The molecule has 21 heavy (non-hydrogen) atoms. The Morgan fingerprint density at radius 2 is 1.90 bits per heavy atom. The van der Waals surface area contributed by atoms with Crippen LogP contribution in [0.15, 0.2) is 24.3 Å². The minimum atomic E-state index is 0.0363. The van der Waals surface area contributed by atoms with Crippen LogP contribution >= 0.6 is 0 Å². The second kappa shape index (κ2) is 10.4. The van der Waals surface area contributed by atoms with E-state index in [2.05, 4.69) is 29.4 Å². The maximum Gasteiger partial charge on any atom is 0.251 e. The first kappa shape index (κ1) is 17.7. The van der Waals surface area contributed by atoms with E-state index in [1.165, 1.54) is 0 Å². The molecule has 0 bridgehead atoms. The second-order valence-corrected chi connectivity index (χ2v) is 5.20. The van der Waals surface area contributed by atoms with Crippen molar-refractivity contribution in [1.82, 2.24) is 15.5 Å². The molecule has 4 heteroatoms. The van der Waals surface area contributed by atoms with Crippen LogP contribution in [0.25, 0.3) is 0 Å². The van der Waals surface area contributed by atoms with Crippen molar-refractivity contribution < 1.29 is 4.79 Å². The number of nitrogens with zero attached hydrogens (tertiary/aromatic N) is 1. The fourth-order valence-electron chi connectivity index (χ4n) is 2.39. The number of amides is 1. The van der Waals surface area contributed by atoms with Gasteiger partial charge in [-0.1, -0.05) is 32.0 Å². The van der Waals surface area contributed by atoms with Gasteiger partial charge in [-0.2, -0.15) is 0 Å². The molecule has 4 nitrogen and oxygen atoms in total. The maximum absolute atomic E-state index is 12.3. The predicted octanol–water partition coefficient (Wildman–Crippen LogP) is 1.91. The SMILES string of the molecule is CCCN(CC)CCNC(=O)c1ccccc1CCNC. The van der Waals surface area contributed by atoms with Crippen LogP contribution in [0.4, 0.5) is 0 Å². The summed E-state index contributed by atoms with van der Waals surface area (Å²) in [7, 11) is 1.93. The van der Waals surface area contributed by atoms with Crippen molar-refractivity contribution in [2.24, 2.45) is 0 Å². The van der Waals surface area contributed by atoms with Crippen molar-refractivity contribution in [1.29, 1.82) is 0 Å². The number of carbonyl (C=O) groups is 1. The average molecular weight is 291 g/mol. The first-order valence-electron chi connectivity index (χ1n) is 7.96. The van der Waals surface area contributed by atoms with E-state index in [0.717, 1.165) is 50.1 Å². The number of carbonyl (C=O) groups excluding carboxylic acids is 1. The molecule has 0 unspecified atom stereocenters. The zero-order valence-electron chi connectivity index (χ0n) is 13.6. The van der Waals surface area contributed by atoms with Crippen LogP contribution in [0.2, 0.25) is 0 Å². The van der Waals surface area contributed by atoms with Gasteiger partial charge in [-0.15, -0.1) is 0 Å². The molecular weight excluding hydrogens is 262 g/mol. The lowest BCUT2D eigenvalue weighted by atomic mass is 10.0. The van der Waals surface area contributed by atoms with Gasteiger partial charge in [-0.25, -0.2) is 0 Å². The number of benzene rings is 1. The molecule has 1 rings (SSSR count). The number of hydrogen-bond donors (Lipinski definition) is 2. The third-order valence-electron chi connectivity index (χ3n) is 3.61. The van der Waals surface area contributed by atoms with Crippen molar-refractivity contribution in [3.63, 3.8) is 0 Å². The molecule has 1 aromatic rings. The summed E-state index contributed by atoms with van der Waals surface area (Å²) < 4.78 is 0. The smallest absolute Gasteiger partial charge is 0.251 e. The summed E-state index contributed by atoms with van der Waals surface area (Å²) in [5.74, 6) is 0.0363. The van der Waals surface area contributed by atoms with Crippen LogP contribution in [0.1, 0.15) is 36.2 Å². The molecule has 1 aromatic carbocycles. The summed E-state index contributed by atoms with van der Waals surface area (Å²) in [6.07, 6.45) is 2.02. The molecule has 0 spiro atoms. The molecule has 1 amide bonds. The molecule has 0 aliphatic heterocycles. The lowest BCUT2D eigenvalue weighted by Crippen LogP contribution is -2.35. The summed E-state index contributed by atoms with van der Waals surface area (Å²) in [5, 5.41) is 6.16. The third kappa shape index (κ3) is 6.27. The van der Waals surface area contributed by atoms with Crippen LogP contribution in [0.3, 0.4) is 0 Å². The minimum absolute atomic E-state index is 0.0363. The highest BCUT2D eigenvalue weighted by Gasteiger charge is 2.10. The molecule has 0 radical (unpaired) electrons. The summed E-state index contributed by atoms with van der Waals surface area (Å²) in [6.45, 7) is 8.95. The largest absolute Gasteiger partial charge is 0.351 e. The molecule has 0 saturated carbocycles. The van der Waals surface area contributed by atoms with Crippen molar-refractivity contribution in [2.45, 2.75) is 26.7 Å². The van der Waals surface area contributed by atoms with Crippen molar-refractivity contribution in [2.75, 3.05) is 39.8 Å². The number of rotatable bonds is 10. The van der Waals surface area contributed by atoms with Gasteiger partial charge < -0.3 is 15.5 Å². The summed E-state index contributed by atoms with van der Waals surface area (Å²) in [5.41, 5.74) is 1.90. The molecule has 2 N–H and O–H groups in total. The molecule has 0 atom stereocenters. The molecule has 0 aliphatic rings. The Morgan fingerprint density at radius 3 is 2.57 bits per heavy atom. The van der Waals surface area contributed by atoms with Gasteiger partial charge in [0, 0.05) is 18.7 Å². The van der Waals surface area contributed by atoms with Gasteiger partial charge in [0.1, 0.15) is 0 Å². The van der Waals surface area contributed by atoms with Crippen LogP contribution in [-0.2, 0) is 6.42 Å². The van der Waals surface area contributed by atoms with Gasteiger partial charge in [-0.3, -0.25) is 4.79 Å². The molecule has 0 aromatic heterocycles. The Hall–Kier alpha value is -1.39. The Labute approximate surface area is 128 Å². The third-order valence-corrected chi connectivity index (χ3v) is 3.61. The van der Waals surface area contributed by atoms with Gasteiger partial charge in [0.2, 0.25) is 0 Å². The van der Waals surface area contributed by atoms with E-state index >= 15 is 0 Å². The lowest BCUT2D eigenvalue weighted by molar-refractivity contribution is 0.0947. The zero-order valence-corrected chi connectivity index (χ0v) is 13.6. The number of hydrogen-bond acceptors (Lipinski definition) is 3. The Kier molecular flexibility index (Phi) is 8.71. The van der Waals surface area contributed by atoms with Crippen LogP contribution in [0, 0.1) is 0 Å². The van der Waals surface area contributed by atoms with Gasteiger partial charge >= 0.3 is 0 Å². The average Bonchev–Trinajstić information content (AvgIpc) is 2.52. The summed E-state index contributed by atoms with van der Waals surface area (Å²) in [4.78, 5) is 14.7. The van der Waals surface area contributed by atoms with Crippen LogP contribution in [-0.4, -0.2) is 50.6 Å². The van der Waals surface area contributed by atoms with Gasteiger partial charge in [0.25, 0.3) is 5.91 Å². The lowest BCUT2D eigenvalue weighted by Gasteiger charge is -2.19. The van der Waals surface area contributed by atoms with Crippen molar-refractivity contribution >= 4 is 5.91 Å². The van der Waals surface area contributed by atoms with Gasteiger partial charge in [0.05, 0.1) is 0 Å². The quantitative estimate of drug-likeness (QED) is 0.692. The Bertz CT molecular complexity index is 420. The Balaban J connectivity index is 2.51. The highest BCUT2D eigenvalue weighted by molar-refractivity contribution is 5.95. The van der Waals surface area contributed by atoms with Gasteiger partial charge in [-0.05, 0) is 51.2 Å². The molecule has 0 aliphatic carbocycles. The van der Waals surface area contributed by atoms with Crippen molar-refractivity contribution in [3.8, 4) is 0 Å². The summed E-state index contributed by atoms with van der Waals surface area (Å²) in [6, 6.07) is 7.85. The van der Waals surface area contributed by atoms with E-state index in [9.17, 15) is 4.79 Å². The van der Waals surface area contributed by atoms with E-state index in [0.29, 0.717) is 6.54 Å². The van der Waals surface area contributed by atoms with Crippen LogP contribution in [0.5, 0.6) is 0 Å². The number of likely N-dealkylation sites (N-methyl/N-ethyl adjacent to an activating group) is 2. The van der Waals surface area contributed by atoms with Crippen LogP contribution < -0.4 is 10.6 Å². The Morgan fingerprint density at radius 1 is 1.14 bits per heavy atom. The minimum Gasteiger partial charge on any atom is -0.351 e. The molecule has 0 heterocycles.